The number of ether oxygens (including phenoxy) is 2. The van der Waals surface area contributed by atoms with E-state index in [9.17, 15) is 9.59 Å². The highest BCUT2D eigenvalue weighted by molar-refractivity contribution is 6.76. The van der Waals surface area contributed by atoms with Crippen LogP contribution in [-0.2, 0) is 21.0 Å². The van der Waals surface area contributed by atoms with Crippen LogP contribution in [-0.4, -0.2) is 48.3 Å². The molecule has 2 bridgehead atoms. The number of benzene rings is 2. The van der Waals surface area contributed by atoms with Crippen molar-refractivity contribution in [2.75, 3.05) is 30.1 Å². The van der Waals surface area contributed by atoms with Gasteiger partial charge in [0, 0.05) is 72.2 Å². The number of nitrogens with two attached hydrogens (primary N) is 1. The number of pyridine rings is 1. The molecule has 0 unspecified atom stereocenters. The van der Waals surface area contributed by atoms with E-state index < -0.39 is 14.2 Å². The number of anilines is 3. The van der Waals surface area contributed by atoms with E-state index in [1.54, 1.807) is 30.5 Å². The van der Waals surface area contributed by atoms with Gasteiger partial charge in [-0.2, -0.15) is 0 Å². The van der Waals surface area contributed by atoms with Gasteiger partial charge in [-0.05, 0) is 61.4 Å². The SMILES string of the molecule is COC(=O)Nc1ccc2c(c1)NC(=O)CCC/C=C(/c1ccc(-c3cc(Cl)ccc3N)cn1)c1nc-2cn1COCC[Si](C)(C)C. The third-order valence-electron chi connectivity index (χ3n) is 7.57. The number of nitrogens with one attached hydrogen (secondary N) is 2. The van der Waals surface area contributed by atoms with Gasteiger partial charge in [-0.25, -0.2) is 9.78 Å². The van der Waals surface area contributed by atoms with E-state index in [1.807, 2.05) is 35.0 Å². The molecule has 0 spiro atoms. The lowest BCUT2D eigenvalue weighted by Crippen LogP contribution is -2.22. The number of imidazole rings is 1. The van der Waals surface area contributed by atoms with Crippen molar-refractivity contribution in [2.45, 2.75) is 51.7 Å². The highest BCUT2D eigenvalue weighted by atomic mass is 35.5. The van der Waals surface area contributed by atoms with Gasteiger partial charge in [0.15, 0.2) is 0 Å². The Bertz CT molecular complexity index is 1760. The lowest BCUT2D eigenvalue weighted by molar-refractivity contribution is -0.116. The number of aromatic nitrogens is 3. The number of nitrogens with zero attached hydrogens (tertiary/aromatic N) is 3. The molecule has 2 aromatic carbocycles. The van der Waals surface area contributed by atoms with Crippen molar-refractivity contribution in [1.82, 2.24) is 14.5 Å². The summed E-state index contributed by atoms with van der Waals surface area (Å²) in [6.45, 7) is 7.90. The van der Waals surface area contributed by atoms with Crippen LogP contribution < -0.4 is 16.4 Å². The summed E-state index contributed by atoms with van der Waals surface area (Å²) in [5, 5.41) is 6.27. The maximum atomic E-state index is 13.0. The molecule has 12 heteroatoms. The van der Waals surface area contributed by atoms with E-state index in [1.165, 1.54) is 7.11 Å². The van der Waals surface area contributed by atoms with Crippen LogP contribution in [0.15, 0.2) is 67.0 Å². The van der Waals surface area contributed by atoms with E-state index in [0.29, 0.717) is 71.8 Å². The van der Waals surface area contributed by atoms with Gasteiger partial charge in [0.05, 0.1) is 24.2 Å². The van der Waals surface area contributed by atoms with Crippen LogP contribution in [0.3, 0.4) is 0 Å². The standard InChI is InChI=1S/C34H39ClN6O4Si/c1-44-34(43)38-24-11-12-25-30(18-24)39-32(42)8-6-5-7-26(33-40-31(25)20-41(33)21-45-15-16-46(2,3)4)29-14-9-22(19-37-29)27-17-23(35)10-13-28(27)36/h7,9-14,17-20H,5-6,8,15-16,21,36H2,1-4H3,(H,38,43)(H,39,42)/b26-7-. The lowest BCUT2D eigenvalue weighted by Gasteiger charge is -2.16. The van der Waals surface area contributed by atoms with Crippen molar-refractivity contribution in [3.8, 4) is 22.4 Å². The van der Waals surface area contributed by atoms with Crippen LogP contribution in [0.1, 0.15) is 30.8 Å². The Labute approximate surface area is 275 Å². The number of hydrogen-bond acceptors (Lipinski definition) is 7. The number of rotatable bonds is 8. The average Bonchev–Trinajstić information content (AvgIpc) is 3.43. The third kappa shape index (κ3) is 8.22. The first-order chi connectivity index (χ1) is 22.0. The number of fused-ring (bicyclic) bond motifs is 4. The molecule has 0 saturated heterocycles. The summed E-state index contributed by atoms with van der Waals surface area (Å²) in [7, 11) is 0.00747. The van der Waals surface area contributed by atoms with Gasteiger partial charge in [0.2, 0.25) is 5.91 Å². The summed E-state index contributed by atoms with van der Waals surface area (Å²) in [4.78, 5) is 34.8. The molecule has 0 atom stereocenters. The van der Waals surface area contributed by atoms with Gasteiger partial charge in [0.1, 0.15) is 12.6 Å². The molecular formula is C34H39ClN6O4Si. The Morgan fingerprint density at radius 1 is 1.11 bits per heavy atom. The first-order valence-electron chi connectivity index (χ1n) is 15.2. The summed E-state index contributed by atoms with van der Waals surface area (Å²) in [6, 6.07) is 15.6. The van der Waals surface area contributed by atoms with Crippen molar-refractivity contribution in [2.24, 2.45) is 0 Å². The minimum atomic E-state index is -1.29. The number of halogens is 1. The summed E-state index contributed by atoms with van der Waals surface area (Å²) < 4.78 is 12.9. The number of amides is 2. The monoisotopic (exact) mass is 658 g/mol. The number of allylic oxidation sites excluding steroid dienone is 1. The zero-order chi connectivity index (χ0) is 32.8. The predicted octanol–water partition coefficient (Wildman–Crippen LogP) is 7.89. The van der Waals surface area contributed by atoms with Crippen LogP contribution in [0.4, 0.5) is 21.9 Å². The van der Waals surface area contributed by atoms with E-state index >= 15 is 0 Å². The van der Waals surface area contributed by atoms with Gasteiger partial charge in [0.25, 0.3) is 0 Å². The average molecular weight is 659 g/mol. The van der Waals surface area contributed by atoms with Crippen molar-refractivity contribution in [3.63, 3.8) is 0 Å². The normalized spacial score (nSPS) is 14.6. The fourth-order valence-corrected chi connectivity index (χ4v) is 5.97. The second kappa shape index (κ2) is 14.3. The van der Waals surface area contributed by atoms with Crippen molar-refractivity contribution < 1.29 is 19.1 Å². The van der Waals surface area contributed by atoms with Crippen LogP contribution in [0.25, 0.3) is 28.0 Å². The number of hydrogen-bond donors (Lipinski definition) is 3. The third-order valence-corrected chi connectivity index (χ3v) is 9.51. The Morgan fingerprint density at radius 3 is 2.67 bits per heavy atom. The highest BCUT2D eigenvalue weighted by Crippen LogP contribution is 2.35. The number of methoxy groups -OCH3 is 1. The summed E-state index contributed by atoms with van der Waals surface area (Å²) in [5.41, 5.74) is 12.4. The fraction of sp³-hybridized carbons (Fsp3) is 0.294. The first kappa shape index (κ1) is 32.9. The zero-order valence-electron chi connectivity index (χ0n) is 26.5. The van der Waals surface area contributed by atoms with Gasteiger partial charge >= 0.3 is 6.09 Å². The topological polar surface area (TPSA) is 133 Å². The van der Waals surface area contributed by atoms with Crippen LogP contribution in [0, 0.1) is 0 Å². The molecule has 0 fully saturated rings. The summed E-state index contributed by atoms with van der Waals surface area (Å²) >= 11 is 6.25. The Balaban J connectivity index is 1.58. The van der Waals surface area contributed by atoms with Crippen LogP contribution >= 0.6 is 11.6 Å². The molecule has 5 rings (SSSR count). The van der Waals surface area contributed by atoms with Crippen LogP contribution in [0.5, 0.6) is 0 Å². The van der Waals surface area contributed by atoms with Gasteiger partial charge < -0.3 is 25.1 Å². The smallest absolute Gasteiger partial charge is 0.411 e. The van der Waals surface area contributed by atoms with Crippen molar-refractivity contribution in [1.29, 1.82) is 0 Å². The highest BCUT2D eigenvalue weighted by Gasteiger charge is 2.21. The molecule has 0 radical (unpaired) electrons. The molecule has 1 aliphatic rings. The molecular weight excluding hydrogens is 620 g/mol. The quantitative estimate of drug-likeness (QED) is 0.0996. The first-order valence-corrected chi connectivity index (χ1v) is 19.3. The van der Waals surface area contributed by atoms with E-state index in [-0.39, 0.29) is 5.91 Å². The molecule has 2 amide bonds. The van der Waals surface area contributed by atoms with Gasteiger partial charge in [-0.15, -0.1) is 0 Å². The maximum absolute atomic E-state index is 13.0. The largest absolute Gasteiger partial charge is 0.453 e. The zero-order valence-corrected chi connectivity index (χ0v) is 28.3. The molecule has 0 saturated carbocycles. The van der Waals surface area contributed by atoms with E-state index in [4.69, 9.17) is 36.8 Å². The second-order valence-corrected chi connectivity index (χ2v) is 18.4. The van der Waals surface area contributed by atoms with Gasteiger partial charge in [-0.3, -0.25) is 15.1 Å². The summed E-state index contributed by atoms with van der Waals surface area (Å²) in [6.07, 6.45) is 6.74. The Kier molecular flexibility index (Phi) is 10.2. The Hall–Kier alpha value is -4.45. The molecule has 1 aliphatic heterocycles. The second-order valence-electron chi connectivity index (χ2n) is 12.4. The number of nitrogen functional groups attached to an aromatic ring is 1. The Morgan fingerprint density at radius 2 is 1.93 bits per heavy atom. The molecule has 240 valence electrons. The molecule has 4 aromatic rings. The summed E-state index contributed by atoms with van der Waals surface area (Å²) in [5.74, 6) is 0.558. The molecule has 4 N–H and O–H groups in total. The van der Waals surface area contributed by atoms with Crippen LogP contribution in [0.2, 0.25) is 30.7 Å². The minimum Gasteiger partial charge on any atom is -0.453 e. The van der Waals surface area contributed by atoms with E-state index in [2.05, 4.69) is 36.4 Å². The maximum Gasteiger partial charge on any atom is 0.411 e. The van der Waals surface area contributed by atoms with Crippen molar-refractivity contribution >= 4 is 54.3 Å². The van der Waals surface area contributed by atoms with Crippen molar-refractivity contribution in [3.05, 3.63) is 83.5 Å². The molecule has 2 aromatic heterocycles. The number of carbonyl (C=O) groups excluding carboxylic acids is 2. The number of carbonyl (C=O) groups is 2. The molecule has 0 aliphatic carbocycles. The van der Waals surface area contributed by atoms with Gasteiger partial charge in [-0.1, -0.05) is 43.4 Å². The molecule has 46 heavy (non-hydrogen) atoms. The minimum absolute atomic E-state index is 0.136. The fourth-order valence-electron chi connectivity index (χ4n) is 5.04. The molecule has 10 nitrogen and oxygen atoms in total. The predicted molar refractivity (Wildman–Crippen MR) is 186 cm³/mol. The lowest BCUT2D eigenvalue weighted by atomic mass is 10.0. The molecule has 3 heterocycles. The van der Waals surface area contributed by atoms with E-state index in [0.717, 1.165) is 28.4 Å².